The lowest BCUT2D eigenvalue weighted by Gasteiger charge is -2.30. The fourth-order valence-electron chi connectivity index (χ4n) is 3.47. The number of carboxylic acid groups (broad SMARTS) is 1. The highest BCUT2D eigenvalue weighted by atomic mass is 16.4. The van der Waals surface area contributed by atoms with E-state index in [-0.39, 0.29) is 6.04 Å². The minimum absolute atomic E-state index is 0.300. The summed E-state index contributed by atoms with van der Waals surface area (Å²) in [5.74, 6) is -0.205. The summed E-state index contributed by atoms with van der Waals surface area (Å²) in [6.07, 6.45) is 16.0. The zero-order chi connectivity index (χ0) is 18.9. The van der Waals surface area contributed by atoms with Crippen molar-refractivity contribution in [3.8, 4) is 0 Å². The molecule has 0 aliphatic carbocycles. The van der Waals surface area contributed by atoms with E-state index in [0.717, 1.165) is 32.4 Å². The van der Waals surface area contributed by atoms with Gasteiger partial charge in [-0.2, -0.15) is 0 Å². The highest BCUT2D eigenvalue weighted by Gasteiger charge is 2.25. The first-order valence-electron chi connectivity index (χ1n) is 11.0. The Morgan fingerprint density at radius 2 is 1.16 bits per heavy atom. The van der Waals surface area contributed by atoms with Crippen molar-refractivity contribution in [2.24, 2.45) is 5.92 Å². The van der Waals surface area contributed by atoms with Crippen LogP contribution in [0, 0.1) is 5.92 Å². The van der Waals surface area contributed by atoms with Gasteiger partial charge in [0.1, 0.15) is 6.04 Å². The number of aliphatic carboxylic acids is 1. The zero-order valence-electron chi connectivity index (χ0n) is 17.6. The lowest BCUT2D eigenvalue weighted by molar-refractivity contribution is -0.144. The van der Waals surface area contributed by atoms with Gasteiger partial charge in [-0.15, -0.1) is 0 Å². The molecule has 0 amide bonds. The van der Waals surface area contributed by atoms with Crippen LogP contribution in [0.1, 0.15) is 111 Å². The number of carbonyl (C=O) groups is 1. The third-order valence-electron chi connectivity index (χ3n) is 5.02. The topological polar surface area (TPSA) is 40.5 Å². The third kappa shape index (κ3) is 14.3. The van der Waals surface area contributed by atoms with Crippen molar-refractivity contribution in [3.05, 3.63) is 0 Å². The lowest BCUT2D eigenvalue weighted by atomic mass is 10.0. The van der Waals surface area contributed by atoms with Crippen LogP contribution in [0.3, 0.4) is 0 Å². The Morgan fingerprint density at radius 1 is 0.760 bits per heavy atom. The van der Waals surface area contributed by atoms with Crippen LogP contribution in [0.2, 0.25) is 0 Å². The Kier molecular flexibility index (Phi) is 16.5. The lowest BCUT2D eigenvalue weighted by Crippen LogP contribution is -2.43. The van der Waals surface area contributed by atoms with Crippen LogP contribution in [0.5, 0.6) is 0 Å². The predicted octanol–water partition coefficient (Wildman–Crippen LogP) is 6.51. The molecule has 0 saturated heterocycles. The molecule has 0 bridgehead atoms. The first-order chi connectivity index (χ1) is 12.0. The standard InChI is InChI=1S/C22H45NO2/c1-5-7-9-11-13-15-17-23(18-16-14-12-10-8-6-2)21(22(24)25)19-20(3)4/h20-21H,5-19H2,1-4H3,(H,24,25). The molecule has 3 heteroatoms. The van der Waals surface area contributed by atoms with E-state index in [1.54, 1.807) is 0 Å². The van der Waals surface area contributed by atoms with E-state index < -0.39 is 5.97 Å². The fourth-order valence-corrected chi connectivity index (χ4v) is 3.47. The maximum absolute atomic E-state index is 11.8. The second kappa shape index (κ2) is 16.9. The summed E-state index contributed by atoms with van der Waals surface area (Å²) in [5, 5.41) is 9.70. The van der Waals surface area contributed by atoms with E-state index in [9.17, 15) is 9.90 Å². The van der Waals surface area contributed by atoms with Crippen molar-refractivity contribution in [1.82, 2.24) is 4.90 Å². The molecule has 150 valence electrons. The van der Waals surface area contributed by atoms with Crippen LogP contribution in [0.4, 0.5) is 0 Å². The van der Waals surface area contributed by atoms with E-state index in [0.29, 0.717) is 5.92 Å². The molecule has 3 nitrogen and oxygen atoms in total. The molecule has 0 radical (unpaired) electrons. The smallest absolute Gasteiger partial charge is 0.320 e. The van der Waals surface area contributed by atoms with E-state index in [1.165, 1.54) is 64.2 Å². The minimum atomic E-state index is -0.634. The van der Waals surface area contributed by atoms with Gasteiger partial charge in [-0.1, -0.05) is 91.9 Å². The molecule has 25 heavy (non-hydrogen) atoms. The molecule has 0 saturated carbocycles. The summed E-state index contributed by atoms with van der Waals surface area (Å²) in [4.78, 5) is 14.0. The van der Waals surface area contributed by atoms with E-state index in [4.69, 9.17) is 0 Å². The molecule has 0 aliphatic rings. The number of hydrogen-bond acceptors (Lipinski definition) is 2. The third-order valence-corrected chi connectivity index (χ3v) is 5.02. The Labute approximate surface area is 157 Å². The van der Waals surface area contributed by atoms with E-state index in [2.05, 4.69) is 32.6 Å². The molecule has 0 aromatic rings. The largest absolute Gasteiger partial charge is 0.480 e. The Morgan fingerprint density at radius 3 is 1.52 bits per heavy atom. The molecule has 0 aromatic heterocycles. The number of rotatable bonds is 18. The maximum atomic E-state index is 11.8. The van der Waals surface area contributed by atoms with Crippen molar-refractivity contribution in [2.75, 3.05) is 13.1 Å². The SMILES string of the molecule is CCCCCCCCN(CCCCCCCC)C(CC(C)C)C(=O)O. The average Bonchev–Trinajstić information content (AvgIpc) is 2.56. The van der Waals surface area contributed by atoms with Gasteiger partial charge in [0, 0.05) is 0 Å². The van der Waals surface area contributed by atoms with Crippen molar-refractivity contribution in [3.63, 3.8) is 0 Å². The first kappa shape index (κ1) is 24.4. The van der Waals surface area contributed by atoms with Gasteiger partial charge in [0.15, 0.2) is 0 Å². The zero-order valence-corrected chi connectivity index (χ0v) is 17.6. The van der Waals surface area contributed by atoms with Crippen LogP contribution in [0.15, 0.2) is 0 Å². The number of unbranched alkanes of at least 4 members (excludes halogenated alkanes) is 10. The van der Waals surface area contributed by atoms with Gasteiger partial charge in [0.05, 0.1) is 0 Å². The molecule has 0 aliphatic heterocycles. The van der Waals surface area contributed by atoms with Crippen LogP contribution in [-0.4, -0.2) is 35.1 Å². The number of nitrogens with zero attached hydrogens (tertiary/aromatic N) is 1. The Balaban J connectivity index is 4.34. The highest BCUT2D eigenvalue weighted by molar-refractivity contribution is 5.73. The molecule has 0 heterocycles. The molecular formula is C22H45NO2. The van der Waals surface area contributed by atoms with Crippen LogP contribution < -0.4 is 0 Å². The second-order valence-corrected chi connectivity index (χ2v) is 8.06. The van der Waals surface area contributed by atoms with Gasteiger partial charge >= 0.3 is 5.97 Å². The molecular weight excluding hydrogens is 310 g/mol. The van der Waals surface area contributed by atoms with Crippen LogP contribution in [-0.2, 0) is 4.79 Å². The van der Waals surface area contributed by atoms with Crippen molar-refractivity contribution >= 4 is 5.97 Å². The first-order valence-corrected chi connectivity index (χ1v) is 11.0. The number of hydrogen-bond donors (Lipinski definition) is 1. The number of carboxylic acids is 1. The summed E-state index contributed by atoms with van der Waals surface area (Å²) < 4.78 is 0. The van der Waals surface area contributed by atoms with Gasteiger partial charge in [0.2, 0.25) is 0 Å². The quantitative estimate of drug-likeness (QED) is 0.285. The second-order valence-electron chi connectivity index (χ2n) is 8.06. The van der Waals surface area contributed by atoms with Crippen molar-refractivity contribution in [1.29, 1.82) is 0 Å². The molecule has 0 rings (SSSR count). The summed E-state index contributed by atoms with van der Waals surface area (Å²) in [5.41, 5.74) is 0. The summed E-state index contributed by atoms with van der Waals surface area (Å²) in [6.45, 7) is 10.6. The summed E-state index contributed by atoms with van der Waals surface area (Å²) in [6, 6.07) is -0.300. The monoisotopic (exact) mass is 355 g/mol. The average molecular weight is 356 g/mol. The van der Waals surface area contributed by atoms with Gasteiger partial charge in [-0.3, -0.25) is 9.69 Å². The van der Waals surface area contributed by atoms with Gasteiger partial charge in [0.25, 0.3) is 0 Å². The van der Waals surface area contributed by atoms with Gasteiger partial charge < -0.3 is 5.11 Å². The van der Waals surface area contributed by atoms with Crippen molar-refractivity contribution < 1.29 is 9.90 Å². The van der Waals surface area contributed by atoms with Crippen LogP contribution >= 0.6 is 0 Å². The fraction of sp³-hybridized carbons (Fsp3) is 0.955. The summed E-state index contributed by atoms with van der Waals surface area (Å²) >= 11 is 0. The predicted molar refractivity (Wildman–Crippen MR) is 109 cm³/mol. The molecule has 0 spiro atoms. The van der Waals surface area contributed by atoms with Crippen molar-refractivity contribution in [2.45, 2.75) is 117 Å². The van der Waals surface area contributed by atoms with E-state index >= 15 is 0 Å². The van der Waals surface area contributed by atoms with Gasteiger partial charge in [-0.05, 0) is 38.3 Å². The minimum Gasteiger partial charge on any atom is -0.480 e. The molecule has 1 atom stereocenters. The normalized spacial score (nSPS) is 12.9. The molecule has 1 unspecified atom stereocenters. The highest BCUT2D eigenvalue weighted by Crippen LogP contribution is 2.16. The summed E-state index contributed by atoms with van der Waals surface area (Å²) in [7, 11) is 0. The van der Waals surface area contributed by atoms with Gasteiger partial charge in [-0.25, -0.2) is 0 Å². The maximum Gasteiger partial charge on any atom is 0.320 e. The Hall–Kier alpha value is -0.570. The van der Waals surface area contributed by atoms with Crippen LogP contribution in [0.25, 0.3) is 0 Å². The van der Waals surface area contributed by atoms with E-state index in [1.807, 2.05) is 0 Å². The molecule has 0 fully saturated rings. The Bertz CT molecular complexity index is 288. The molecule has 1 N–H and O–H groups in total. The molecule has 0 aromatic carbocycles.